The first kappa shape index (κ1) is 15.3. The molecule has 0 spiro atoms. The molecule has 3 atom stereocenters. The minimum atomic E-state index is -0.0616. The number of ether oxygens (including phenoxy) is 2. The molecule has 1 aromatic carbocycles. The van der Waals surface area contributed by atoms with Crippen molar-refractivity contribution < 1.29 is 9.47 Å². The quantitative estimate of drug-likeness (QED) is 0.895. The molecular weight excluding hydrogens is 250 g/mol. The van der Waals surface area contributed by atoms with E-state index in [2.05, 4.69) is 13.8 Å². The fraction of sp³-hybridized carbons (Fsp3) is 0.647. The summed E-state index contributed by atoms with van der Waals surface area (Å²) in [5, 5.41) is 0. The van der Waals surface area contributed by atoms with Crippen molar-refractivity contribution in [2.24, 2.45) is 17.6 Å². The highest BCUT2D eigenvalue weighted by Gasteiger charge is 2.24. The highest BCUT2D eigenvalue weighted by Crippen LogP contribution is 2.30. The minimum absolute atomic E-state index is 0.0616. The number of methoxy groups -OCH3 is 1. The summed E-state index contributed by atoms with van der Waals surface area (Å²) < 4.78 is 11.2. The molecule has 1 aromatic rings. The first-order chi connectivity index (χ1) is 9.58. The molecule has 0 bridgehead atoms. The van der Waals surface area contributed by atoms with Crippen molar-refractivity contribution in [3.63, 3.8) is 0 Å². The van der Waals surface area contributed by atoms with Crippen LogP contribution in [0, 0.1) is 11.8 Å². The summed E-state index contributed by atoms with van der Waals surface area (Å²) in [7, 11) is 1.67. The molecule has 2 N–H and O–H groups in total. The lowest BCUT2D eigenvalue weighted by Crippen LogP contribution is -2.29. The topological polar surface area (TPSA) is 44.5 Å². The Bertz CT molecular complexity index is 394. The van der Waals surface area contributed by atoms with E-state index in [1.165, 1.54) is 19.3 Å². The van der Waals surface area contributed by atoms with Gasteiger partial charge in [0.1, 0.15) is 5.75 Å². The Kier molecular flexibility index (Phi) is 5.44. The van der Waals surface area contributed by atoms with Gasteiger partial charge in [-0.1, -0.05) is 26.0 Å². The normalized spacial score (nSPS) is 28.1. The first-order valence-electron chi connectivity index (χ1n) is 7.59. The van der Waals surface area contributed by atoms with Gasteiger partial charge in [0, 0.05) is 0 Å². The first-order valence-corrected chi connectivity index (χ1v) is 7.59. The lowest BCUT2D eigenvalue weighted by atomic mass is 9.82. The van der Waals surface area contributed by atoms with Gasteiger partial charge in [0.15, 0.2) is 0 Å². The molecule has 2 rings (SSSR count). The van der Waals surface area contributed by atoms with Crippen molar-refractivity contribution in [1.29, 1.82) is 0 Å². The largest absolute Gasteiger partial charge is 0.497 e. The second-order valence-electron chi connectivity index (χ2n) is 6.25. The molecule has 0 aliphatic heterocycles. The van der Waals surface area contributed by atoms with E-state index in [0.29, 0.717) is 12.7 Å². The van der Waals surface area contributed by atoms with Crippen LogP contribution in [0.3, 0.4) is 0 Å². The van der Waals surface area contributed by atoms with E-state index >= 15 is 0 Å². The Hall–Kier alpha value is -1.06. The van der Waals surface area contributed by atoms with Crippen LogP contribution in [0.15, 0.2) is 24.3 Å². The van der Waals surface area contributed by atoms with Crippen LogP contribution >= 0.6 is 0 Å². The number of nitrogens with two attached hydrogens (primary N) is 1. The molecule has 0 amide bonds. The van der Waals surface area contributed by atoms with E-state index in [4.69, 9.17) is 15.2 Å². The van der Waals surface area contributed by atoms with Gasteiger partial charge in [-0.2, -0.15) is 0 Å². The summed E-state index contributed by atoms with van der Waals surface area (Å²) in [6, 6.07) is 7.85. The third kappa shape index (κ3) is 4.22. The highest BCUT2D eigenvalue weighted by molar-refractivity contribution is 5.28. The molecule has 1 aliphatic carbocycles. The number of benzene rings is 1. The van der Waals surface area contributed by atoms with Gasteiger partial charge in [-0.15, -0.1) is 0 Å². The van der Waals surface area contributed by atoms with E-state index in [-0.39, 0.29) is 6.04 Å². The minimum Gasteiger partial charge on any atom is -0.497 e. The van der Waals surface area contributed by atoms with Gasteiger partial charge in [0.05, 0.1) is 25.9 Å². The maximum absolute atomic E-state index is 6.21. The van der Waals surface area contributed by atoms with Crippen molar-refractivity contribution in [3.8, 4) is 5.75 Å². The predicted octanol–water partition coefficient (Wildman–Crippen LogP) is 3.54. The van der Waals surface area contributed by atoms with Crippen LogP contribution in [0.25, 0.3) is 0 Å². The van der Waals surface area contributed by atoms with Gasteiger partial charge in [-0.05, 0) is 48.8 Å². The molecular formula is C17H27NO2. The molecule has 3 nitrogen and oxygen atoms in total. The maximum Gasteiger partial charge on any atom is 0.118 e. The number of hydrogen-bond acceptors (Lipinski definition) is 3. The molecule has 1 fully saturated rings. The zero-order valence-corrected chi connectivity index (χ0v) is 12.8. The van der Waals surface area contributed by atoms with Gasteiger partial charge >= 0.3 is 0 Å². The standard InChI is InChI=1S/C17H27NO2/c1-12-8-13(2)10-16(9-12)20-11-17(18)14-4-6-15(19-3)7-5-14/h4-7,12-13,16-17H,8-11,18H2,1-3H3. The molecule has 3 unspecified atom stereocenters. The molecule has 3 heteroatoms. The van der Waals surface area contributed by atoms with Crippen LogP contribution in [0.4, 0.5) is 0 Å². The molecule has 0 aromatic heterocycles. The van der Waals surface area contributed by atoms with Gasteiger partial charge in [-0.3, -0.25) is 0 Å². The molecule has 112 valence electrons. The summed E-state index contributed by atoms with van der Waals surface area (Å²) in [5.41, 5.74) is 7.31. The van der Waals surface area contributed by atoms with Crippen LogP contribution in [-0.2, 0) is 4.74 Å². The lowest BCUT2D eigenvalue weighted by Gasteiger charge is -2.32. The van der Waals surface area contributed by atoms with E-state index in [0.717, 1.165) is 23.1 Å². The summed E-state index contributed by atoms with van der Waals surface area (Å²) in [6.45, 7) is 5.22. The van der Waals surface area contributed by atoms with E-state index in [1.54, 1.807) is 7.11 Å². The Morgan fingerprint density at radius 2 is 1.70 bits per heavy atom. The lowest BCUT2D eigenvalue weighted by molar-refractivity contribution is -0.00527. The second-order valence-corrected chi connectivity index (χ2v) is 6.25. The van der Waals surface area contributed by atoms with Crippen molar-refractivity contribution in [1.82, 2.24) is 0 Å². The SMILES string of the molecule is COc1ccc(C(N)COC2CC(C)CC(C)C2)cc1. The fourth-order valence-corrected chi connectivity index (χ4v) is 3.20. The Morgan fingerprint density at radius 3 is 2.25 bits per heavy atom. The van der Waals surface area contributed by atoms with E-state index < -0.39 is 0 Å². The molecule has 1 aliphatic rings. The summed E-state index contributed by atoms with van der Waals surface area (Å²) in [6.07, 6.45) is 4.03. The van der Waals surface area contributed by atoms with E-state index in [9.17, 15) is 0 Å². The van der Waals surface area contributed by atoms with Crippen molar-refractivity contribution >= 4 is 0 Å². The number of rotatable bonds is 5. The fourth-order valence-electron chi connectivity index (χ4n) is 3.20. The predicted molar refractivity (Wildman–Crippen MR) is 81.8 cm³/mol. The average molecular weight is 277 g/mol. The van der Waals surface area contributed by atoms with E-state index in [1.807, 2.05) is 24.3 Å². The third-order valence-electron chi connectivity index (χ3n) is 4.19. The summed E-state index contributed by atoms with van der Waals surface area (Å²) >= 11 is 0. The zero-order valence-electron chi connectivity index (χ0n) is 12.8. The highest BCUT2D eigenvalue weighted by atomic mass is 16.5. The van der Waals surface area contributed by atoms with Gasteiger partial charge in [-0.25, -0.2) is 0 Å². The summed E-state index contributed by atoms with van der Waals surface area (Å²) in [5.74, 6) is 2.39. The zero-order chi connectivity index (χ0) is 14.5. The second kappa shape index (κ2) is 7.09. The van der Waals surface area contributed by atoms with Crippen LogP contribution in [0.1, 0.15) is 44.7 Å². The molecule has 20 heavy (non-hydrogen) atoms. The Labute approximate surface area is 122 Å². The Balaban J connectivity index is 1.83. The van der Waals surface area contributed by atoms with Crippen LogP contribution in [0.2, 0.25) is 0 Å². The van der Waals surface area contributed by atoms with Crippen molar-refractivity contribution in [2.45, 2.75) is 45.3 Å². The van der Waals surface area contributed by atoms with Crippen molar-refractivity contribution in [2.75, 3.05) is 13.7 Å². The molecule has 1 saturated carbocycles. The van der Waals surface area contributed by atoms with Crippen LogP contribution in [0.5, 0.6) is 5.75 Å². The van der Waals surface area contributed by atoms with Crippen molar-refractivity contribution in [3.05, 3.63) is 29.8 Å². The molecule has 0 radical (unpaired) electrons. The molecule has 0 heterocycles. The average Bonchev–Trinajstić information content (AvgIpc) is 2.44. The summed E-state index contributed by atoms with van der Waals surface area (Å²) in [4.78, 5) is 0. The Morgan fingerprint density at radius 1 is 1.10 bits per heavy atom. The molecule has 0 saturated heterocycles. The smallest absolute Gasteiger partial charge is 0.118 e. The van der Waals surface area contributed by atoms with Gasteiger partial charge < -0.3 is 15.2 Å². The van der Waals surface area contributed by atoms with Gasteiger partial charge in [0.25, 0.3) is 0 Å². The third-order valence-corrected chi connectivity index (χ3v) is 4.19. The van der Waals surface area contributed by atoms with Crippen LogP contribution in [-0.4, -0.2) is 19.8 Å². The maximum atomic E-state index is 6.21. The van der Waals surface area contributed by atoms with Crippen LogP contribution < -0.4 is 10.5 Å². The monoisotopic (exact) mass is 277 g/mol. The number of hydrogen-bond donors (Lipinski definition) is 1. The van der Waals surface area contributed by atoms with Gasteiger partial charge in [0.2, 0.25) is 0 Å².